The number of hydrogen-bond donors (Lipinski definition) is 4. The van der Waals surface area contributed by atoms with Gasteiger partial charge in [0.05, 0.1) is 12.2 Å². The highest BCUT2D eigenvalue weighted by Crippen LogP contribution is 2.27. The van der Waals surface area contributed by atoms with Crippen LogP contribution in [-0.2, 0) is 0 Å². The summed E-state index contributed by atoms with van der Waals surface area (Å²) in [6.45, 7) is 0.977. The van der Waals surface area contributed by atoms with Crippen molar-refractivity contribution in [2.75, 3.05) is 13.1 Å². The maximum absolute atomic E-state index is 9.78. The minimum absolute atomic E-state index is 0.191. The number of piperidine rings is 1. The summed E-state index contributed by atoms with van der Waals surface area (Å²) in [7, 11) is 0. The van der Waals surface area contributed by atoms with Gasteiger partial charge in [0.15, 0.2) is 0 Å². The van der Waals surface area contributed by atoms with Crippen LogP contribution in [0, 0.1) is 0 Å². The van der Waals surface area contributed by atoms with Crippen molar-refractivity contribution in [2.24, 2.45) is 0 Å². The molecule has 1 aliphatic heterocycles. The molecule has 0 unspecified atom stereocenters. The largest absolute Gasteiger partial charge is 0.508 e. The quantitative estimate of drug-likeness (QED) is 0.517. The van der Waals surface area contributed by atoms with Crippen LogP contribution in [0.3, 0.4) is 0 Å². The number of phenolic OH excluding ortho intramolecular Hbond substituents is 1. The fourth-order valence-electron chi connectivity index (χ4n) is 2.03. The van der Waals surface area contributed by atoms with Crippen LogP contribution < -0.4 is 5.32 Å². The second-order valence-electron chi connectivity index (χ2n) is 3.91. The molecule has 0 amide bonds. The molecule has 2 rings (SSSR count). The van der Waals surface area contributed by atoms with Crippen molar-refractivity contribution in [1.29, 1.82) is 0 Å². The molecule has 82 valence electrons. The van der Waals surface area contributed by atoms with Gasteiger partial charge in [-0.2, -0.15) is 0 Å². The molecule has 4 heteroatoms. The first-order valence-electron chi connectivity index (χ1n) is 5.04. The van der Waals surface area contributed by atoms with Gasteiger partial charge in [0.1, 0.15) is 5.75 Å². The first-order valence-corrected chi connectivity index (χ1v) is 5.04. The minimum Gasteiger partial charge on any atom is -0.508 e. The second kappa shape index (κ2) is 4.18. The summed E-state index contributed by atoms with van der Waals surface area (Å²) >= 11 is 0. The number of aliphatic hydroxyl groups is 2. The molecule has 1 aromatic carbocycles. The SMILES string of the molecule is Oc1ccc([C@@H]2[C@H](O)CNC[C@@H]2O)cc1. The van der Waals surface area contributed by atoms with Gasteiger partial charge in [0, 0.05) is 19.0 Å². The van der Waals surface area contributed by atoms with Gasteiger partial charge >= 0.3 is 0 Å². The van der Waals surface area contributed by atoms with Gasteiger partial charge < -0.3 is 20.6 Å². The van der Waals surface area contributed by atoms with Gasteiger partial charge in [-0.1, -0.05) is 12.1 Å². The molecule has 15 heavy (non-hydrogen) atoms. The smallest absolute Gasteiger partial charge is 0.115 e. The van der Waals surface area contributed by atoms with E-state index in [4.69, 9.17) is 5.11 Å². The maximum atomic E-state index is 9.78. The van der Waals surface area contributed by atoms with Crippen LogP contribution in [-0.4, -0.2) is 40.6 Å². The molecule has 0 aromatic heterocycles. The van der Waals surface area contributed by atoms with E-state index in [2.05, 4.69) is 5.32 Å². The third kappa shape index (κ3) is 2.12. The molecular weight excluding hydrogens is 194 g/mol. The minimum atomic E-state index is -0.585. The lowest BCUT2D eigenvalue weighted by Crippen LogP contribution is -2.48. The molecule has 3 atom stereocenters. The van der Waals surface area contributed by atoms with Crippen molar-refractivity contribution in [3.63, 3.8) is 0 Å². The molecule has 0 aliphatic carbocycles. The van der Waals surface area contributed by atoms with E-state index in [9.17, 15) is 10.2 Å². The summed E-state index contributed by atoms with van der Waals surface area (Å²) in [6.07, 6.45) is -1.17. The molecule has 0 saturated carbocycles. The van der Waals surface area contributed by atoms with Crippen molar-refractivity contribution < 1.29 is 15.3 Å². The van der Waals surface area contributed by atoms with Crippen LogP contribution in [0.2, 0.25) is 0 Å². The molecular formula is C11H15NO3. The average molecular weight is 209 g/mol. The van der Waals surface area contributed by atoms with E-state index in [1.807, 2.05) is 0 Å². The van der Waals surface area contributed by atoms with E-state index < -0.39 is 12.2 Å². The topological polar surface area (TPSA) is 72.7 Å². The molecule has 1 heterocycles. The van der Waals surface area contributed by atoms with Gasteiger partial charge in [-0.05, 0) is 17.7 Å². The Morgan fingerprint density at radius 1 is 1.00 bits per heavy atom. The predicted octanol–water partition coefficient (Wildman–Crippen LogP) is -0.199. The Labute approximate surface area is 88.2 Å². The summed E-state index contributed by atoms with van der Waals surface area (Å²) in [6, 6.07) is 6.60. The lowest BCUT2D eigenvalue weighted by atomic mass is 9.86. The van der Waals surface area contributed by atoms with Crippen LogP contribution in [0.15, 0.2) is 24.3 Å². The Morgan fingerprint density at radius 3 is 2.07 bits per heavy atom. The molecule has 4 nitrogen and oxygen atoms in total. The number of phenols is 1. The molecule has 1 aromatic rings. The fraction of sp³-hybridized carbons (Fsp3) is 0.455. The zero-order valence-corrected chi connectivity index (χ0v) is 8.30. The van der Waals surface area contributed by atoms with E-state index in [0.717, 1.165) is 5.56 Å². The number of benzene rings is 1. The Balaban J connectivity index is 2.23. The summed E-state index contributed by atoms with van der Waals surface area (Å²) in [5.74, 6) is -0.0801. The van der Waals surface area contributed by atoms with Gasteiger partial charge in [-0.3, -0.25) is 0 Å². The van der Waals surface area contributed by atoms with Gasteiger partial charge in [0.2, 0.25) is 0 Å². The van der Waals surface area contributed by atoms with E-state index in [1.165, 1.54) is 0 Å². The lowest BCUT2D eigenvalue weighted by molar-refractivity contribution is 0.0264. The Morgan fingerprint density at radius 2 is 1.53 bits per heavy atom. The third-order valence-electron chi connectivity index (χ3n) is 2.81. The molecule has 1 aliphatic rings. The fourth-order valence-corrected chi connectivity index (χ4v) is 2.03. The zero-order chi connectivity index (χ0) is 10.8. The monoisotopic (exact) mass is 209 g/mol. The van der Waals surface area contributed by atoms with Crippen molar-refractivity contribution in [3.05, 3.63) is 29.8 Å². The molecule has 0 radical (unpaired) electrons. The summed E-state index contributed by atoms with van der Waals surface area (Å²) < 4.78 is 0. The number of aliphatic hydroxyl groups excluding tert-OH is 2. The van der Waals surface area contributed by atoms with Gasteiger partial charge in [-0.25, -0.2) is 0 Å². The van der Waals surface area contributed by atoms with Crippen molar-refractivity contribution >= 4 is 0 Å². The zero-order valence-electron chi connectivity index (χ0n) is 8.30. The second-order valence-corrected chi connectivity index (χ2v) is 3.91. The highest BCUT2D eigenvalue weighted by molar-refractivity contribution is 5.30. The number of β-amino-alcohol motifs (C(OH)–C–C–N with tert-alkyl or cyclic N) is 2. The van der Waals surface area contributed by atoms with E-state index in [0.29, 0.717) is 13.1 Å². The van der Waals surface area contributed by atoms with E-state index in [1.54, 1.807) is 24.3 Å². The normalized spacial score (nSPS) is 31.5. The highest BCUT2D eigenvalue weighted by Gasteiger charge is 2.31. The number of aromatic hydroxyl groups is 1. The number of nitrogens with one attached hydrogen (secondary N) is 1. The van der Waals surface area contributed by atoms with Crippen LogP contribution >= 0.6 is 0 Å². The van der Waals surface area contributed by atoms with Crippen LogP contribution in [0.1, 0.15) is 11.5 Å². The van der Waals surface area contributed by atoms with Crippen molar-refractivity contribution in [2.45, 2.75) is 18.1 Å². The van der Waals surface area contributed by atoms with Gasteiger partial charge in [-0.15, -0.1) is 0 Å². The molecule has 1 saturated heterocycles. The first kappa shape index (κ1) is 10.4. The lowest BCUT2D eigenvalue weighted by Gasteiger charge is -2.33. The standard InChI is InChI=1S/C11H15NO3/c13-8-3-1-7(2-4-8)11-9(14)5-12-6-10(11)15/h1-4,9-15H,5-6H2/t9-,10+,11-. The average Bonchev–Trinajstić information content (AvgIpc) is 2.20. The van der Waals surface area contributed by atoms with E-state index >= 15 is 0 Å². The van der Waals surface area contributed by atoms with Crippen LogP contribution in [0.5, 0.6) is 5.75 Å². The van der Waals surface area contributed by atoms with Crippen molar-refractivity contribution in [3.8, 4) is 5.75 Å². The Kier molecular flexibility index (Phi) is 2.90. The Bertz CT molecular complexity index is 315. The molecule has 4 N–H and O–H groups in total. The molecule has 0 spiro atoms. The number of hydrogen-bond acceptors (Lipinski definition) is 4. The summed E-state index contributed by atoms with van der Waals surface area (Å²) in [5, 5.41) is 31.6. The summed E-state index contributed by atoms with van der Waals surface area (Å²) in [4.78, 5) is 0. The van der Waals surface area contributed by atoms with Crippen LogP contribution in [0.25, 0.3) is 0 Å². The maximum Gasteiger partial charge on any atom is 0.115 e. The van der Waals surface area contributed by atoms with E-state index in [-0.39, 0.29) is 11.7 Å². The number of rotatable bonds is 1. The first-order chi connectivity index (χ1) is 7.18. The highest BCUT2D eigenvalue weighted by atomic mass is 16.3. The van der Waals surface area contributed by atoms with Crippen molar-refractivity contribution in [1.82, 2.24) is 5.32 Å². The molecule has 1 fully saturated rings. The molecule has 0 bridgehead atoms. The summed E-state index contributed by atoms with van der Waals surface area (Å²) in [5.41, 5.74) is 0.856. The van der Waals surface area contributed by atoms with Crippen LogP contribution in [0.4, 0.5) is 0 Å². The third-order valence-corrected chi connectivity index (χ3v) is 2.81. The van der Waals surface area contributed by atoms with Gasteiger partial charge in [0.25, 0.3) is 0 Å². The predicted molar refractivity (Wildman–Crippen MR) is 55.7 cm³/mol. The Hall–Kier alpha value is -1.10.